The second-order valence-electron chi connectivity index (χ2n) is 7.07. The smallest absolute Gasteiger partial charge is 0.348 e. The molecule has 5 rings (SSSR count). The number of hydrogen-bond acceptors (Lipinski definition) is 5. The second-order valence-corrected chi connectivity index (χ2v) is 7.07. The van der Waals surface area contributed by atoms with Crippen LogP contribution in [0.2, 0.25) is 0 Å². The Kier molecular flexibility index (Phi) is 4.29. The molecule has 5 nitrogen and oxygen atoms in total. The lowest BCUT2D eigenvalue weighted by molar-refractivity contribution is 0.415. The molecule has 5 heteroatoms. The van der Waals surface area contributed by atoms with Crippen LogP contribution < -0.4 is 15.7 Å². The largest absolute Gasteiger partial charge is 0.497 e. The highest BCUT2D eigenvalue weighted by molar-refractivity contribution is 6.10. The van der Waals surface area contributed by atoms with Crippen molar-refractivity contribution in [2.45, 2.75) is 6.92 Å². The first-order valence-corrected chi connectivity index (χ1v) is 9.61. The lowest BCUT2D eigenvalue weighted by atomic mass is 10.0. The van der Waals surface area contributed by atoms with E-state index >= 15 is 0 Å². The highest BCUT2D eigenvalue weighted by atomic mass is 16.5. The van der Waals surface area contributed by atoms with E-state index in [1.54, 1.807) is 13.2 Å². The molecule has 30 heavy (non-hydrogen) atoms. The Morgan fingerprint density at radius 1 is 0.900 bits per heavy atom. The number of rotatable bonds is 4. The number of para-hydroxylation sites is 2. The predicted molar refractivity (Wildman–Crippen MR) is 119 cm³/mol. The first-order chi connectivity index (χ1) is 14.7. The van der Waals surface area contributed by atoms with E-state index in [1.807, 2.05) is 73.7 Å². The zero-order chi connectivity index (χ0) is 20.7. The maximum absolute atomic E-state index is 13.0. The third kappa shape index (κ3) is 2.92. The Bertz CT molecular complexity index is 1450. The van der Waals surface area contributed by atoms with Crippen LogP contribution >= 0.6 is 0 Å². The van der Waals surface area contributed by atoms with Crippen molar-refractivity contribution in [3.8, 4) is 16.9 Å². The van der Waals surface area contributed by atoms with Gasteiger partial charge in [0.15, 0.2) is 5.58 Å². The molecule has 0 radical (unpaired) electrons. The Labute approximate surface area is 172 Å². The van der Waals surface area contributed by atoms with Gasteiger partial charge in [0, 0.05) is 5.69 Å². The molecule has 0 aliphatic carbocycles. The van der Waals surface area contributed by atoms with Gasteiger partial charge in [0.25, 0.3) is 0 Å². The minimum atomic E-state index is -0.442. The molecule has 1 N–H and O–H groups in total. The molecule has 2 heterocycles. The van der Waals surface area contributed by atoms with E-state index in [0.717, 1.165) is 22.2 Å². The van der Waals surface area contributed by atoms with Gasteiger partial charge in [0.2, 0.25) is 5.88 Å². The topological polar surface area (TPSA) is 64.6 Å². The maximum atomic E-state index is 13.0. The summed E-state index contributed by atoms with van der Waals surface area (Å²) in [4.78, 5) is 13.0. The molecule has 0 saturated heterocycles. The number of fused-ring (bicyclic) bond motifs is 3. The number of anilines is 2. The molecule has 0 amide bonds. The Hall–Kier alpha value is -3.99. The first kappa shape index (κ1) is 18.1. The van der Waals surface area contributed by atoms with Crippen LogP contribution in [0.1, 0.15) is 5.56 Å². The van der Waals surface area contributed by atoms with Crippen molar-refractivity contribution >= 4 is 33.5 Å². The molecule has 148 valence electrons. The van der Waals surface area contributed by atoms with Gasteiger partial charge in [0.05, 0.1) is 18.1 Å². The van der Waals surface area contributed by atoms with Gasteiger partial charge in [0.1, 0.15) is 16.7 Å². The molecule has 0 saturated carbocycles. The van der Waals surface area contributed by atoms with E-state index in [0.29, 0.717) is 33.7 Å². The molecule has 0 aliphatic heterocycles. The minimum Gasteiger partial charge on any atom is -0.497 e. The van der Waals surface area contributed by atoms with Crippen molar-refractivity contribution < 1.29 is 13.6 Å². The minimum absolute atomic E-state index is 0.401. The van der Waals surface area contributed by atoms with Crippen molar-refractivity contribution in [2.75, 3.05) is 12.4 Å². The number of furan rings is 1. The van der Waals surface area contributed by atoms with Gasteiger partial charge in [-0.15, -0.1) is 0 Å². The van der Waals surface area contributed by atoms with Crippen molar-refractivity contribution in [3.63, 3.8) is 0 Å². The quantitative estimate of drug-likeness (QED) is 0.362. The standard InChI is InChI=1S/C25H19NO4/c1-15-8-3-5-12-19(15)26-24-21(16-9-7-10-17(14-16)28-2)22-23(30-24)18-11-4-6-13-20(18)29-25(22)27/h3-14,26H,1-2H3. The van der Waals surface area contributed by atoms with Crippen molar-refractivity contribution in [2.24, 2.45) is 0 Å². The van der Waals surface area contributed by atoms with E-state index in [4.69, 9.17) is 13.6 Å². The van der Waals surface area contributed by atoms with E-state index in [9.17, 15) is 4.79 Å². The lowest BCUT2D eigenvalue weighted by Gasteiger charge is -2.09. The number of nitrogens with one attached hydrogen (secondary N) is 1. The molecular weight excluding hydrogens is 378 g/mol. The van der Waals surface area contributed by atoms with Gasteiger partial charge in [-0.1, -0.05) is 42.5 Å². The number of ether oxygens (including phenoxy) is 1. The van der Waals surface area contributed by atoms with Gasteiger partial charge in [-0.2, -0.15) is 0 Å². The molecule has 2 aromatic heterocycles. The van der Waals surface area contributed by atoms with E-state index in [1.165, 1.54) is 0 Å². The fraction of sp³-hybridized carbons (Fsp3) is 0.0800. The Morgan fingerprint density at radius 3 is 2.53 bits per heavy atom. The zero-order valence-electron chi connectivity index (χ0n) is 16.6. The summed E-state index contributed by atoms with van der Waals surface area (Å²) < 4.78 is 17.3. The van der Waals surface area contributed by atoms with Crippen molar-refractivity contribution in [1.29, 1.82) is 0 Å². The first-order valence-electron chi connectivity index (χ1n) is 9.61. The third-order valence-corrected chi connectivity index (χ3v) is 5.20. The van der Waals surface area contributed by atoms with Crippen LogP contribution in [0.5, 0.6) is 5.75 Å². The molecule has 0 atom stereocenters. The van der Waals surface area contributed by atoms with Crippen LogP contribution in [0, 0.1) is 6.92 Å². The number of hydrogen-bond donors (Lipinski definition) is 1. The van der Waals surface area contributed by atoms with Crippen LogP contribution in [0.15, 0.2) is 86.4 Å². The Balaban J connectivity index is 1.85. The average molecular weight is 397 g/mol. The number of methoxy groups -OCH3 is 1. The van der Waals surface area contributed by atoms with Gasteiger partial charge >= 0.3 is 5.63 Å². The third-order valence-electron chi connectivity index (χ3n) is 5.20. The van der Waals surface area contributed by atoms with Crippen molar-refractivity contribution in [1.82, 2.24) is 0 Å². The summed E-state index contributed by atoms with van der Waals surface area (Å²) in [7, 11) is 1.61. The van der Waals surface area contributed by atoms with Gasteiger partial charge in [-0.25, -0.2) is 4.79 Å². The lowest BCUT2D eigenvalue weighted by Crippen LogP contribution is -2.00. The molecular formula is C25H19NO4. The molecule has 0 unspecified atom stereocenters. The van der Waals surface area contributed by atoms with Gasteiger partial charge in [-0.05, 0) is 48.4 Å². The summed E-state index contributed by atoms with van der Waals surface area (Å²) in [6.07, 6.45) is 0. The SMILES string of the molecule is COc1cccc(-c2c(Nc3ccccc3C)oc3c2c(=O)oc2ccccc23)c1. The summed E-state index contributed by atoms with van der Waals surface area (Å²) >= 11 is 0. The molecule has 0 fully saturated rings. The summed E-state index contributed by atoms with van der Waals surface area (Å²) in [6, 6.07) is 22.8. The van der Waals surface area contributed by atoms with Crippen LogP contribution in [0.3, 0.4) is 0 Å². The molecule has 0 spiro atoms. The summed E-state index contributed by atoms with van der Waals surface area (Å²) in [5.74, 6) is 1.17. The average Bonchev–Trinajstić information content (AvgIpc) is 3.15. The second kappa shape index (κ2) is 7.12. The van der Waals surface area contributed by atoms with Crippen molar-refractivity contribution in [3.05, 3.63) is 88.8 Å². The zero-order valence-corrected chi connectivity index (χ0v) is 16.6. The van der Waals surface area contributed by atoms with E-state index < -0.39 is 5.63 Å². The normalized spacial score (nSPS) is 11.1. The highest BCUT2D eigenvalue weighted by Gasteiger charge is 2.23. The van der Waals surface area contributed by atoms with Crippen LogP contribution in [0.25, 0.3) is 33.1 Å². The van der Waals surface area contributed by atoms with Crippen LogP contribution in [0.4, 0.5) is 11.6 Å². The van der Waals surface area contributed by atoms with Crippen LogP contribution in [-0.4, -0.2) is 7.11 Å². The fourth-order valence-electron chi connectivity index (χ4n) is 3.69. The Morgan fingerprint density at radius 2 is 1.70 bits per heavy atom. The van der Waals surface area contributed by atoms with E-state index in [-0.39, 0.29) is 0 Å². The summed E-state index contributed by atoms with van der Waals surface area (Å²) in [5, 5.41) is 4.52. The predicted octanol–water partition coefficient (Wildman–Crippen LogP) is 6.27. The fourth-order valence-corrected chi connectivity index (χ4v) is 3.69. The monoisotopic (exact) mass is 397 g/mol. The highest BCUT2D eigenvalue weighted by Crippen LogP contribution is 2.41. The summed E-state index contributed by atoms with van der Waals surface area (Å²) in [5.41, 5.74) is 3.95. The van der Waals surface area contributed by atoms with Crippen LogP contribution in [-0.2, 0) is 0 Å². The number of benzene rings is 3. The van der Waals surface area contributed by atoms with Gasteiger partial charge < -0.3 is 18.9 Å². The van der Waals surface area contributed by atoms with Gasteiger partial charge in [-0.3, -0.25) is 0 Å². The maximum Gasteiger partial charge on any atom is 0.348 e. The molecule has 5 aromatic rings. The molecule has 0 aliphatic rings. The van der Waals surface area contributed by atoms with E-state index in [2.05, 4.69) is 5.32 Å². The molecule has 3 aromatic carbocycles. The molecule has 0 bridgehead atoms. The number of aryl methyl sites for hydroxylation is 1. The summed E-state index contributed by atoms with van der Waals surface area (Å²) in [6.45, 7) is 2.01.